The van der Waals surface area contributed by atoms with Gasteiger partial charge in [-0.1, -0.05) is 12.1 Å². The number of likely N-dealkylation sites (tertiary alicyclic amines) is 1. The largest absolute Gasteiger partial charge is 0.497 e. The smallest absolute Gasteiger partial charge is 0.272 e. The zero-order valence-electron chi connectivity index (χ0n) is 16.3. The van der Waals surface area contributed by atoms with Crippen molar-refractivity contribution in [3.63, 3.8) is 0 Å². The third kappa shape index (κ3) is 3.26. The molecule has 0 aliphatic carbocycles. The predicted molar refractivity (Wildman–Crippen MR) is 104 cm³/mol. The standard InChI is InChI=1S/C20H24N6O2/c1-13(2)26-12-21-24-19(26)18-8-5-9-25(18)20(27)17-11-16(22-23-17)14-6-4-7-15(10-14)28-3/h4,6-7,10-13,18H,5,8-9H2,1-3H3,(H,22,23). The van der Waals surface area contributed by atoms with E-state index in [0.717, 1.165) is 30.0 Å². The highest BCUT2D eigenvalue weighted by atomic mass is 16.5. The van der Waals surface area contributed by atoms with Crippen molar-refractivity contribution in [1.82, 2.24) is 29.9 Å². The van der Waals surface area contributed by atoms with Crippen LogP contribution in [0.15, 0.2) is 36.7 Å². The van der Waals surface area contributed by atoms with Gasteiger partial charge in [-0.05, 0) is 44.9 Å². The average Bonchev–Trinajstić information content (AvgIpc) is 3.47. The number of amides is 1. The van der Waals surface area contributed by atoms with E-state index in [9.17, 15) is 4.79 Å². The second kappa shape index (κ2) is 7.46. The van der Waals surface area contributed by atoms with Gasteiger partial charge in [0.25, 0.3) is 5.91 Å². The average molecular weight is 380 g/mol. The van der Waals surface area contributed by atoms with Crippen molar-refractivity contribution in [3.8, 4) is 17.0 Å². The SMILES string of the molecule is COc1cccc(-c2cc(C(=O)N3CCCC3c3nncn3C(C)C)[nH]n2)c1. The zero-order chi connectivity index (χ0) is 19.7. The number of hydrogen-bond acceptors (Lipinski definition) is 5. The van der Waals surface area contributed by atoms with Crippen LogP contribution in [0.1, 0.15) is 55.1 Å². The number of rotatable bonds is 5. The number of aromatic nitrogens is 5. The molecule has 1 N–H and O–H groups in total. The van der Waals surface area contributed by atoms with Crippen molar-refractivity contribution in [2.24, 2.45) is 0 Å². The second-order valence-corrected chi connectivity index (χ2v) is 7.25. The number of H-pyrrole nitrogens is 1. The minimum absolute atomic E-state index is 0.0672. The number of aromatic amines is 1. The summed E-state index contributed by atoms with van der Waals surface area (Å²) in [5.41, 5.74) is 2.08. The molecule has 3 aromatic rings. The first-order chi connectivity index (χ1) is 13.6. The van der Waals surface area contributed by atoms with Gasteiger partial charge in [0.2, 0.25) is 0 Å². The molecule has 1 unspecified atom stereocenters. The molecule has 1 amide bonds. The lowest BCUT2D eigenvalue weighted by Gasteiger charge is -2.24. The number of hydrogen-bond donors (Lipinski definition) is 1. The van der Waals surface area contributed by atoms with Crippen molar-refractivity contribution < 1.29 is 9.53 Å². The first-order valence-corrected chi connectivity index (χ1v) is 9.48. The molecule has 146 valence electrons. The van der Waals surface area contributed by atoms with Crippen LogP contribution in [-0.2, 0) is 0 Å². The van der Waals surface area contributed by atoms with E-state index >= 15 is 0 Å². The Balaban J connectivity index is 1.59. The summed E-state index contributed by atoms with van der Waals surface area (Å²) in [5, 5.41) is 15.6. The van der Waals surface area contributed by atoms with Gasteiger partial charge in [-0.3, -0.25) is 9.89 Å². The van der Waals surface area contributed by atoms with Gasteiger partial charge >= 0.3 is 0 Å². The molecule has 3 heterocycles. The molecule has 8 nitrogen and oxygen atoms in total. The predicted octanol–water partition coefficient (Wildman–Crippen LogP) is 3.24. The Labute approximate surface area is 163 Å². The van der Waals surface area contributed by atoms with E-state index in [1.165, 1.54) is 0 Å². The third-order valence-corrected chi connectivity index (χ3v) is 5.14. The highest BCUT2D eigenvalue weighted by Crippen LogP contribution is 2.33. The van der Waals surface area contributed by atoms with Crippen molar-refractivity contribution in [1.29, 1.82) is 0 Å². The van der Waals surface area contributed by atoms with E-state index < -0.39 is 0 Å². The maximum absolute atomic E-state index is 13.2. The number of ether oxygens (including phenoxy) is 1. The number of carbonyl (C=O) groups is 1. The minimum Gasteiger partial charge on any atom is -0.497 e. The van der Waals surface area contributed by atoms with Gasteiger partial charge in [-0.2, -0.15) is 5.10 Å². The van der Waals surface area contributed by atoms with E-state index in [-0.39, 0.29) is 18.0 Å². The van der Waals surface area contributed by atoms with Crippen LogP contribution < -0.4 is 4.74 Å². The molecular formula is C20H24N6O2. The monoisotopic (exact) mass is 380 g/mol. The summed E-state index contributed by atoms with van der Waals surface area (Å²) in [4.78, 5) is 15.0. The highest BCUT2D eigenvalue weighted by Gasteiger charge is 2.34. The molecule has 1 aliphatic rings. The molecule has 0 saturated carbocycles. The van der Waals surface area contributed by atoms with Gasteiger partial charge < -0.3 is 14.2 Å². The van der Waals surface area contributed by atoms with Gasteiger partial charge in [0.05, 0.1) is 18.8 Å². The van der Waals surface area contributed by atoms with E-state index in [4.69, 9.17) is 4.74 Å². The van der Waals surface area contributed by atoms with Crippen LogP contribution in [0, 0.1) is 0 Å². The van der Waals surface area contributed by atoms with Crippen molar-refractivity contribution in [2.75, 3.05) is 13.7 Å². The Morgan fingerprint density at radius 1 is 1.32 bits per heavy atom. The summed E-state index contributed by atoms with van der Waals surface area (Å²) in [7, 11) is 1.63. The van der Waals surface area contributed by atoms with Gasteiger partial charge in [0.15, 0.2) is 5.82 Å². The third-order valence-electron chi connectivity index (χ3n) is 5.14. The van der Waals surface area contributed by atoms with Gasteiger partial charge in [-0.15, -0.1) is 10.2 Å². The Hall–Kier alpha value is -3.16. The lowest BCUT2D eigenvalue weighted by molar-refractivity contribution is 0.0720. The fraction of sp³-hybridized carbons (Fsp3) is 0.400. The van der Waals surface area contributed by atoms with Crippen molar-refractivity contribution >= 4 is 5.91 Å². The molecule has 2 aromatic heterocycles. The summed E-state index contributed by atoms with van der Waals surface area (Å²) in [6.07, 6.45) is 3.56. The maximum atomic E-state index is 13.2. The Morgan fingerprint density at radius 2 is 2.18 bits per heavy atom. The number of methoxy groups -OCH3 is 1. The molecule has 0 bridgehead atoms. The van der Waals surface area contributed by atoms with Crippen LogP contribution in [-0.4, -0.2) is 49.4 Å². The van der Waals surface area contributed by atoms with E-state index in [2.05, 4.69) is 34.2 Å². The number of nitrogens with one attached hydrogen (secondary N) is 1. The molecule has 1 atom stereocenters. The number of carbonyl (C=O) groups excluding carboxylic acids is 1. The topological polar surface area (TPSA) is 88.9 Å². The molecule has 1 fully saturated rings. The first-order valence-electron chi connectivity index (χ1n) is 9.48. The van der Waals surface area contributed by atoms with Gasteiger partial charge in [0, 0.05) is 18.2 Å². The lowest BCUT2D eigenvalue weighted by atomic mass is 10.1. The van der Waals surface area contributed by atoms with Crippen LogP contribution in [0.3, 0.4) is 0 Å². The van der Waals surface area contributed by atoms with Crippen molar-refractivity contribution in [3.05, 3.63) is 48.2 Å². The van der Waals surface area contributed by atoms with Gasteiger partial charge in [0.1, 0.15) is 17.8 Å². The van der Waals surface area contributed by atoms with E-state index in [0.29, 0.717) is 17.9 Å². The molecule has 1 saturated heterocycles. The van der Waals surface area contributed by atoms with Crippen LogP contribution in [0.25, 0.3) is 11.3 Å². The summed E-state index contributed by atoms with van der Waals surface area (Å²) in [5.74, 6) is 1.52. The Bertz CT molecular complexity index is 976. The van der Waals surface area contributed by atoms with E-state index in [1.54, 1.807) is 19.5 Å². The Morgan fingerprint density at radius 3 is 2.96 bits per heavy atom. The Kier molecular flexibility index (Phi) is 4.85. The first kappa shape index (κ1) is 18.2. The lowest BCUT2D eigenvalue weighted by Crippen LogP contribution is -2.32. The maximum Gasteiger partial charge on any atom is 0.272 e. The highest BCUT2D eigenvalue weighted by molar-refractivity contribution is 5.93. The molecule has 1 aliphatic heterocycles. The molecule has 28 heavy (non-hydrogen) atoms. The normalized spacial score (nSPS) is 16.7. The van der Waals surface area contributed by atoms with Gasteiger partial charge in [-0.25, -0.2) is 0 Å². The molecule has 0 spiro atoms. The number of nitrogens with zero attached hydrogens (tertiary/aromatic N) is 5. The zero-order valence-corrected chi connectivity index (χ0v) is 16.3. The van der Waals surface area contributed by atoms with Crippen LogP contribution in [0.4, 0.5) is 0 Å². The van der Waals surface area contributed by atoms with E-state index in [1.807, 2.05) is 33.7 Å². The second-order valence-electron chi connectivity index (χ2n) is 7.25. The fourth-order valence-electron chi connectivity index (χ4n) is 3.68. The summed E-state index contributed by atoms with van der Waals surface area (Å²) in [6.45, 7) is 4.87. The minimum atomic E-state index is -0.0685. The summed E-state index contributed by atoms with van der Waals surface area (Å²) in [6, 6.07) is 9.59. The molecule has 8 heteroatoms. The number of benzene rings is 1. The van der Waals surface area contributed by atoms with Crippen molar-refractivity contribution in [2.45, 2.75) is 38.8 Å². The molecule has 0 radical (unpaired) electrons. The summed E-state index contributed by atoms with van der Waals surface area (Å²) >= 11 is 0. The molecule has 4 rings (SSSR count). The summed E-state index contributed by atoms with van der Waals surface area (Å²) < 4.78 is 7.30. The quantitative estimate of drug-likeness (QED) is 0.734. The molecular weight excluding hydrogens is 356 g/mol. The van der Waals surface area contributed by atoms with Crippen LogP contribution >= 0.6 is 0 Å². The van der Waals surface area contributed by atoms with Crippen LogP contribution in [0.5, 0.6) is 5.75 Å². The fourth-order valence-corrected chi connectivity index (χ4v) is 3.68. The van der Waals surface area contributed by atoms with Crippen LogP contribution in [0.2, 0.25) is 0 Å². The molecule has 1 aromatic carbocycles.